The largest absolute Gasteiger partial charge is 0.494 e. The Bertz CT molecular complexity index is 1720. The third-order valence-corrected chi connectivity index (χ3v) is 9.53. The quantitative estimate of drug-likeness (QED) is 0.264. The minimum atomic E-state index is -0.683. The molecule has 11 nitrogen and oxygen atoms in total. The van der Waals surface area contributed by atoms with Crippen LogP contribution in [0.25, 0.3) is 0 Å². The summed E-state index contributed by atoms with van der Waals surface area (Å²) in [6.07, 6.45) is 0.854. The Labute approximate surface area is 270 Å². The van der Waals surface area contributed by atoms with Gasteiger partial charge in [-0.2, -0.15) is 5.26 Å². The van der Waals surface area contributed by atoms with E-state index in [1.54, 1.807) is 48.4 Å². The topological polar surface area (TPSA) is 153 Å². The molecule has 0 spiro atoms. The minimum absolute atomic E-state index is 0.0589. The van der Waals surface area contributed by atoms with Crippen LogP contribution in [0.15, 0.2) is 69.5 Å². The maximum absolute atomic E-state index is 13.8. The fourth-order valence-corrected chi connectivity index (χ4v) is 7.25. The summed E-state index contributed by atoms with van der Waals surface area (Å²) in [7, 11) is 3.08. The second-order valence-electron chi connectivity index (χ2n) is 11.2. The number of nitrogens with one attached hydrogen (secondary N) is 1. The van der Waals surface area contributed by atoms with Crippen molar-refractivity contribution in [1.29, 1.82) is 5.26 Å². The van der Waals surface area contributed by atoms with Crippen molar-refractivity contribution in [3.8, 4) is 23.3 Å². The number of hydrogen-bond acceptors (Lipinski definition) is 12. The molecule has 0 fully saturated rings. The second kappa shape index (κ2) is 13.2. The summed E-state index contributed by atoms with van der Waals surface area (Å²) in [4.78, 5) is 28.2. The summed E-state index contributed by atoms with van der Waals surface area (Å²) in [5.74, 6) is 1.09. The van der Waals surface area contributed by atoms with Crippen LogP contribution in [-0.2, 0) is 9.59 Å². The minimum Gasteiger partial charge on any atom is -0.494 e. The lowest BCUT2D eigenvalue weighted by Crippen LogP contribution is -2.42. The number of aromatic nitrogens is 2. The average molecular weight is 647 g/mol. The number of Topliss-reactive ketones (excluding diaryl/α,β-unsaturated/α-hetero) is 1. The zero-order valence-corrected chi connectivity index (χ0v) is 27.3. The Morgan fingerprint density at radius 3 is 2.56 bits per heavy atom. The third-order valence-electron chi connectivity index (χ3n) is 7.48. The molecule has 1 atom stereocenters. The first-order chi connectivity index (χ1) is 21.6. The van der Waals surface area contributed by atoms with Crippen molar-refractivity contribution in [2.24, 2.45) is 11.1 Å². The Hall–Kier alpha value is -4.54. The molecule has 234 valence electrons. The van der Waals surface area contributed by atoms with Crippen molar-refractivity contribution < 1.29 is 23.8 Å². The van der Waals surface area contributed by atoms with Gasteiger partial charge in [-0.25, -0.2) is 0 Å². The standard InChI is InChI=1S/C32H34N6O5S2/c1-6-43-20-10-8-19(9-11-20)35-26(40)17-44-31-37-36-30(45-31)38-22-14-32(2,3)15-23(39)28(22)27(21(16-33)29(38)34)18-7-12-24(41-4)25(13-18)42-5/h7-13,27H,6,14-15,17,34H2,1-5H3,(H,35,40). The van der Waals surface area contributed by atoms with Gasteiger partial charge in [-0.15, -0.1) is 10.2 Å². The zero-order valence-electron chi connectivity index (χ0n) is 25.7. The highest BCUT2D eigenvalue weighted by Gasteiger charge is 2.45. The number of nitrogens with zero attached hydrogens (tertiary/aromatic N) is 4. The maximum Gasteiger partial charge on any atom is 0.234 e. The zero-order chi connectivity index (χ0) is 32.3. The summed E-state index contributed by atoms with van der Waals surface area (Å²) >= 11 is 2.48. The molecule has 1 unspecified atom stereocenters. The summed E-state index contributed by atoms with van der Waals surface area (Å²) in [6, 6.07) is 14.8. The number of ketones is 1. The molecule has 2 aliphatic rings. The molecule has 1 aliphatic heterocycles. The van der Waals surface area contributed by atoms with Crippen molar-refractivity contribution >= 4 is 45.6 Å². The normalized spacial score (nSPS) is 17.5. The van der Waals surface area contributed by atoms with Gasteiger partial charge in [0.1, 0.15) is 11.6 Å². The number of allylic oxidation sites excluding steroid dienone is 3. The van der Waals surface area contributed by atoms with Crippen molar-refractivity contribution in [2.75, 3.05) is 36.8 Å². The van der Waals surface area contributed by atoms with E-state index in [2.05, 4.69) is 21.6 Å². The molecular weight excluding hydrogens is 613 g/mol. The van der Waals surface area contributed by atoms with Gasteiger partial charge < -0.3 is 25.3 Å². The monoisotopic (exact) mass is 646 g/mol. The van der Waals surface area contributed by atoms with E-state index in [0.29, 0.717) is 62.9 Å². The number of carbonyl (C=O) groups excluding carboxylic acids is 2. The molecule has 13 heteroatoms. The number of benzene rings is 2. The molecule has 0 bridgehead atoms. The molecule has 1 aliphatic carbocycles. The second-order valence-corrected chi connectivity index (χ2v) is 13.4. The van der Waals surface area contributed by atoms with E-state index in [-0.39, 0.29) is 34.3 Å². The van der Waals surface area contributed by atoms with Gasteiger partial charge >= 0.3 is 0 Å². The van der Waals surface area contributed by atoms with Crippen LogP contribution in [0.2, 0.25) is 0 Å². The number of nitrogens with two attached hydrogens (primary N) is 1. The van der Waals surface area contributed by atoms with Gasteiger partial charge in [-0.05, 0) is 60.7 Å². The highest BCUT2D eigenvalue weighted by Crippen LogP contribution is 2.51. The number of methoxy groups -OCH3 is 2. The summed E-state index contributed by atoms with van der Waals surface area (Å²) in [6.45, 7) is 6.53. The van der Waals surface area contributed by atoms with Crippen molar-refractivity contribution in [1.82, 2.24) is 10.2 Å². The number of anilines is 2. The summed E-state index contributed by atoms with van der Waals surface area (Å²) < 4.78 is 16.9. The lowest BCUT2D eigenvalue weighted by molar-refractivity contribution is -0.118. The number of ether oxygens (including phenoxy) is 3. The Kier molecular flexibility index (Phi) is 9.36. The van der Waals surface area contributed by atoms with Crippen LogP contribution in [0.5, 0.6) is 17.2 Å². The van der Waals surface area contributed by atoms with Gasteiger partial charge in [0.25, 0.3) is 0 Å². The fraction of sp³-hybridized carbons (Fsp3) is 0.344. The molecule has 0 saturated heterocycles. The number of nitriles is 1. The predicted octanol–water partition coefficient (Wildman–Crippen LogP) is 5.63. The van der Waals surface area contributed by atoms with Crippen LogP contribution >= 0.6 is 23.1 Å². The highest BCUT2D eigenvalue weighted by atomic mass is 32.2. The predicted molar refractivity (Wildman–Crippen MR) is 174 cm³/mol. The van der Waals surface area contributed by atoms with Crippen LogP contribution in [-0.4, -0.2) is 48.5 Å². The Morgan fingerprint density at radius 1 is 1.16 bits per heavy atom. The van der Waals surface area contributed by atoms with Gasteiger partial charge in [-0.1, -0.05) is 43.0 Å². The molecule has 2 aromatic carbocycles. The van der Waals surface area contributed by atoms with Crippen LogP contribution < -0.4 is 30.2 Å². The number of hydrogen-bond donors (Lipinski definition) is 2. The third kappa shape index (κ3) is 6.62. The number of carbonyl (C=O) groups is 2. The van der Waals surface area contributed by atoms with E-state index in [9.17, 15) is 14.9 Å². The van der Waals surface area contributed by atoms with Gasteiger partial charge in [0.05, 0.1) is 44.1 Å². The number of rotatable bonds is 10. The lowest BCUT2D eigenvalue weighted by Gasteiger charge is -2.42. The first kappa shape index (κ1) is 31.9. The van der Waals surface area contributed by atoms with E-state index in [1.165, 1.54) is 30.2 Å². The van der Waals surface area contributed by atoms with Crippen LogP contribution in [0, 0.1) is 16.7 Å². The van der Waals surface area contributed by atoms with Gasteiger partial charge in [0, 0.05) is 23.4 Å². The molecule has 45 heavy (non-hydrogen) atoms. The molecular formula is C32H34N6O5S2. The molecule has 1 amide bonds. The summed E-state index contributed by atoms with van der Waals surface area (Å²) in [5, 5.41) is 22.3. The van der Waals surface area contributed by atoms with E-state index < -0.39 is 5.92 Å². The van der Waals surface area contributed by atoms with Gasteiger partial charge in [-0.3, -0.25) is 14.5 Å². The summed E-state index contributed by atoms with van der Waals surface area (Å²) in [5.41, 5.74) is 9.18. The first-order valence-corrected chi connectivity index (χ1v) is 16.1. The van der Waals surface area contributed by atoms with Crippen LogP contribution in [0.1, 0.15) is 45.1 Å². The molecule has 0 radical (unpaired) electrons. The van der Waals surface area contributed by atoms with Gasteiger partial charge in [0.15, 0.2) is 21.6 Å². The number of amides is 1. The first-order valence-electron chi connectivity index (χ1n) is 14.3. The van der Waals surface area contributed by atoms with E-state index >= 15 is 0 Å². The van der Waals surface area contributed by atoms with E-state index in [1.807, 2.05) is 26.8 Å². The Balaban J connectivity index is 1.44. The van der Waals surface area contributed by atoms with Crippen LogP contribution in [0.4, 0.5) is 10.8 Å². The van der Waals surface area contributed by atoms with E-state index in [0.717, 1.165) is 5.75 Å². The van der Waals surface area contributed by atoms with Gasteiger partial charge in [0.2, 0.25) is 11.0 Å². The Morgan fingerprint density at radius 2 is 1.89 bits per heavy atom. The molecule has 1 aromatic heterocycles. The molecule has 3 N–H and O–H groups in total. The SMILES string of the molecule is CCOc1ccc(NC(=O)CSc2nnc(N3C(N)=C(C#N)C(c4ccc(OC)c(OC)c4)C4=C3CC(C)(C)CC4=O)s2)cc1. The molecule has 3 aromatic rings. The molecule has 0 saturated carbocycles. The van der Waals surface area contributed by atoms with Crippen molar-refractivity contribution in [3.05, 3.63) is 70.7 Å². The van der Waals surface area contributed by atoms with Crippen LogP contribution in [0.3, 0.4) is 0 Å². The van der Waals surface area contributed by atoms with Crippen molar-refractivity contribution in [2.45, 2.75) is 43.9 Å². The lowest BCUT2D eigenvalue weighted by atomic mass is 9.68. The highest BCUT2D eigenvalue weighted by molar-refractivity contribution is 8.01. The number of thioether (sulfide) groups is 1. The average Bonchev–Trinajstić information content (AvgIpc) is 3.48. The molecule has 2 heterocycles. The maximum atomic E-state index is 13.8. The molecule has 5 rings (SSSR count). The smallest absolute Gasteiger partial charge is 0.234 e. The van der Waals surface area contributed by atoms with Crippen molar-refractivity contribution in [3.63, 3.8) is 0 Å². The fourth-order valence-electron chi connectivity index (χ4n) is 5.57. The van der Waals surface area contributed by atoms with E-state index in [4.69, 9.17) is 19.9 Å².